The predicted molar refractivity (Wildman–Crippen MR) is 73.2 cm³/mol. The van der Waals surface area contributed by atoms with Gasteiger partial charge < -0.3 is 4.90 Å². The van der Waals surface area contributed by atoms with Gasteiger partial charge in [-0.05, 0) is 45.7 Å². The first-order chi connectivity index (χ1) is 7.75. The smallest absolute Gasteiger partial charge is 0.00961 e. The minimum Gasteiger partial charge on any atom is -0.309 e. The molecule has 2 nitrogen and oxygen atoms in total. The van der Waals surface area contributed by atoms with Crippen molar-refractivity contribution < 1.29 is 0 Å². The summed E-state index contributed by atoms with van der Waals surface area (Å²) in [6, 6.07) is 0.916. The summed E-state index contributed by atoms with van der Waals surface area (Å²) < 4.78 is 0. The number of hydrogen-bond acceptors (Lipinski definition) is 3. The first kappa shape index (κ1) is 12.7. The molecular formula is C13H26N2S. The SMILES string of the molecule is CN(C)CC1CCC(N2CCSCC2)CC1. The Morgan fingerprint density at radius 1 is 1.06 bits per heavy atom. The van der Waals surface area contributed by atoms with E-state index in [-0.39, 0.29) is 0 Å². The van der Waals surface area contributed by atoms with Crippen molar-refractivity contribution in [3.63, 3.8) is 0 Å². The predicted octanol–water partition coefficient (Wildman–Crippen LogP) is 2.16. The molecule has 0 radical (unpaired) electrons. The molecule has 2 rings (SSSR count). The molecule has 2 aliphatic rings. The Balaban J connectivity index is 1.71. The molecule has 0 atom stereocenters. The summed E-state index contributed by atoms with van der Waals surface area (Å²) in [5.74, 6) is 3.68. The van der Waals surface area contributed by atoms with Crippen LogP contribution in [0.3, 0.4) is 0 Å². The first-order valence-electron chi connectivity index (χ1n) is 6.72. The van der Waals surface area contributed by atoms with E-state index in [9.17, 15) is 0 Å². The molecular weight excluding hydrogens is 216 g/mol. The van der Waals surface area contributed by atoms with Crippen LogP contribution in [0.15, 0.2) is 0 Å². The molecule has 0 spiro atoms. The topological polar surface area (TPSA) is 6.48 Å². The van der Waals surface area contributed by atoms with Gasteiger partial charge in [-0.1, -0.05) is 0 Å². The summed E-state index contributed by atoms with van der Waals surface area (Å²) in [6.07, 6.45) is 5.80. The molecule has 94 valence electrons. The monoisotopic (exact) mass is 242 g/mol. The lowest BCUT2D eigenvalue weighted by Crippen LogP contribution is -2.43. The van der Waals surface area contributed by atoms with E-state index in [0.29, 0.717) is 0 Å². The van der Waals surface area contributed by atoms with Gasteiger partial charge in [0, 0.05) is 37.2 Å². The van der Waals surface area contributed by atoms with E-state index in [1.54, 1.807) is 0 Å². The highest BCUT2D eigenvalue weighted by Crippen LogP contribution is 2.29. The lowest BCUT2D eigenvalue weighted by molar-refractivity contribution is 0.137. The van der Waals surface area contributed by atoms with Crippen LogP contribution < -0.4 is 0 Å². The van der Waals surface area contributed by atoms with Crippen molar-refractivity contribution in [3.8, 4) is 0 Å². The van der Waals surface area contributed by atoms with Gasteiger partial charge in [-0.3, -0.25) is 4.90 Å². The molecule has 0 amide bonds. The summed E-state index contributed by atoms with van der Waals surface area (Å²) in [4.78, 5) is 5.10. The summed E-state index contributed by atoms with van der Waals surface area (Å²) >= 11 is 2.12. The molecule has 1 aliphatic heterocycles. The number of rotatable bonds is 3. The number of hydrogen-bond donors (Lipinski definition) is 0. The van der Waals surface area contributed by atoms with E-state index in [1.165, 1.54) is 56.8 Å². The fraction of sp³-hybridized carbons (Fsp3) is 1.00. The van der Waals surface area contributed by atoms with E-state index in [4.69, 9.17) is 0 Å². The van der Waals surface area contributed by atoms with Crippen LogP contribution in [-0.4, -0.2) is 61.1 Å². The molecule has 0 aromatic carbocycles. The highest BCUT2D eigenvalue weighted by Gasteiger charge is 2.26. The molecule has 1 saturated carbocycles. The third kappa shape index (κ3) is 3.64. The van der Waals surface area contributed by atoms with Crippen LogP contribution in [0.1, 0.15) is 25.7 Å². The zero-order valence-corrected chi connectivity index (χ0v) is 11.6. The number of nitrogens with zero attached hydrogens (tertiary/aromatic N) is 2. The lowest BCUT2D eigenvalue weighted by atomic mass is 9.85. The summed E-state index contributed by atoms with van der Waals surface area (Å²) in [6.45, 7) is 3.98. The maximum absolute atomic E-state index is 2.75. The number of thioether (sulfide) groups is 1. The minimum atomic E-state index is 0.916. The standard InChI is InChI=1S/C13H26N2S/c1-14(2)11-12-3-5-13(6-4-12)15-7-9-16-10-8-15/h12-13H,3-11H2,1-2H3. The first-order valence-corrected chi connectivity index (χ1v) is 7.87. The molecule has 0 bridgehead atoms. The summed E-state index contributed by atoms with van der Waals surface area (Å²) in [5, 5.41) is 0. The third-order valence-electron chi connectivity index (χ3n) is 4.00. The zero-order valence-electron chi connectivity index (χ0n) is 10.8. The maximum atomic E-state index is 2.75. The van der Waals surface area contributed by atoms with Gasteiger partial charge in [-0.15, -0.1) is 0 Å². The van der Waals surface area contributed by atoms with Crippen molar-refractivity contribution in [2.75, 3.05) is 45.2 Å². The molecule has 1 saturated heterocycles. The van der Waals surface area contributed by atoms with E-state index in [1.807, 2.05) is 0 Å². The average Bonchev–Trinajstić information content (AvgIpc) is 2.30. The van der Waals surface area contributed by atoms with Gasteiger partial charge >= 0.3 is 0 Å². The van der Waals surface area contributed by atoms with Crippen molar-refractivity contribution in [1.29, 1.82) is 0 Å². The Labute approximate surface area is 105 Å². The van der Waals surface area contributed by atoms with Crippen molar-refractivity contribution in [2.24, 2.45) is 5.92 Å². The largest absolute Gasteiger partial charge is 0.309 e. The van der Waals surface area contributed by atoms with Crippen LogP contribution in [-0.2, 0) is 0 Å². The fourth-order valence-electron chi connectivity index (χ4n) is 3.15. The van der Waals surface area contributed by atoms with Gasteiger partial charge in [0.2, 0.25) is 0 Å². The van der Waals surface area contributed by atoms with Crippen LogP contribution in [0, 0.1) is 5.92 Å². The molecule has 0 unspecified atom stereocenters. The van der Waals surface area contributed by atoms with Gasteiger partial charge in [0.15, 0.2) is 0 Å². The molecule has 16 heavy (non-hydrogen) atoms. The third-order valence-corrected chi connectivity index (χ3v) is 4.94. The molecule has 1 aliphatic carbocycles. The fourth-order valence-corrected chi connectivity index (χ4v) is 4.08. The Morgan fingerprint density at radius 2 is 1.69 bits per heavy atom. The second kappa shape index (κ2) is 6.27. The van der Waals surface area contributed by atoms with Crippen LogP contribution in [0.25, 0.3) is 0 Å². The zero-order chi connectivity index (χ0) is 11.4. The quantitative estimate of drug-likeness (QED) is 0.749. The van der Waals surface area contributed by atoms with Crippen molar-refractivity contribution >= 4 is 11.8 Å². The van der Waals surface area contributed by atoms with Gasteiger partial charge in [0.05, 0.1) is 0 Å². The van der Waals surface area contributed by atoms with Gasteiger partial charge in [0.1, 0.15) is 0 Å². The van der Waals surface area contributed by atoms with Gasteiger partial charge in [-0.25, -0.2) is 0 Å². The van der Waals surface area contributed by atoms with Gasteiger partial charge in [0.25, 0.3) is 0 Å². The van der Waals surface area contributed by atoms with Crippen molar-refractivity contribution in [2.45, 2.75) is 31.7 Å². The van der Waals surface area contributed by atoms with E-state index < -0.39 is 0 Å². The summed E-state index contributed by atoms with van der Waals surface area (Å²) in [7, 11) is 4.40. The summed E-state index contributed by atoms with van der Waals surface area (Å²) in [5.41, 5.74) is 0. The Bertz CT molecular complexity index is 194. The van der Waals surface area contributed by atoms with Crippen LogP contribution in [0.5, 0.6) is 0 Å². The normalized spacial score (nSPS) is 33.2. The highest BCUT2D eigenvalue weighted by molar-refractivity contribution is 7.99. The molecule has 1 heterocycles. The van der Waals surface area contributed by atoms with Crippen molar-refractivity contribution in [3.05, 3.63) is 0 Å². The Hall–Kier alpha value is 0.270. The van der Waals surface area contributed by atoms with E-state index >= 15 is 0 Å². The van der Waals surface area contributed by atoms with E-state index in [0.717, 1.165) is 12.0 Å². The van der Waals surface area contributed by atoms with E-state index in [2.05, 4.69) is 35.7 Å². The van der Waals surface area contributed by atoms with Crippen LogP contribution >= 0.6 is 11.8 Å². The maximum Gasteiger partial charge on any atom is 0.00961 e. The van der Waals surface area contributed by atoms with Crippen molar-refractivity contribution in [1.82, 2.24) is 9.80 Å². The van der Waals surface area contributed by atoms with Crippen LogP contribution in [0.2, 0.25) is 0 Å². The molecule has 0 aromatic rings. The van der Waals surface area contributed by atoms with Crippen LogP contribution in [0.4, 0.5) is 0 Å². The van der Waals surface area contributed by atoms with Gasteiger partial charge in [-0.2, -0.15) is 11.8 Å². The second-order valence-electron chi connectivity index (χ2n) is 5.59. The minimum absolute atomic E-state index is 0.916. The molecule has 0 aromatic heterocycles. The second-order valence-corrected chi connectivity index (χ2v) is 6.81. The highest BCUT2D eigenvalue weighted by atomic mass is 32.2. The lowest BCUT2D eigenvalue weighted by Gasteiger charge is -2.39. The molecule has 0 N–H and O–H groups in total. The molecule has 3 heteroatoms. The average molecular weight is 242 g/mol. The Kier molecular flexibility index (Phi) is 4.98. The Morgan fingerprint density at radius 3 is 2.25 bits per heavy atom. The molecule has 2 fully saturated rings.